The summed E-state index contributed by atoms with van der Waals surface area (Å²) in [5.74, 6) is 1.31. The van der Waals surface area contributed by atoms with Crippen LogP contribution in [-0.2, 0) is 0 Å². The topological polar surface area (TPSA) is 97.0 Å². The lowest BCUT2D eigenvalue weighted by atomic mass is 10.0. The molecule has 3 aromatic rings. The van der Waals surface area contributed by atoms with E-state index in [4.69, 9.17) is 5.73 Å². The zero-order valence-corrected chi connectivity index (χ0v) is 15.0. The summed E-state index contributed by atoms with van der Waals surface area (Å²) in [6, 6.07) is 11.2. The molecular formula is C20H23N5O. The van der Waals surface area contributed by atoms with Gasteiger partial charge in [-0.3, -0.25) is 4.98 Å². The third-order valence-electron chi connectivity index (χ3n) is 4.16. The van der Waals surface area contributed by atoms with Crippen LogP contribution in [0.5, 0.6) is 5.75 Å². The van der Waals surface area contributed by atoms with Crippen LogP contribution in [0.25, 0.3) is 22.5 Å². The van der Waals surface area contributed by atoms with Gasteiger partial charge in [0.25, 0.3) is 0 Å². The maximum Gasteiger partial charge on any atom is 0.165 e. The maximum absolute atomic E-state index is 10.3. The van der Waals surface area contributed by atoms with Crippen LogP contribution in [0.15, 0.2) is 48.8 Å². The molecule has 0 amide bonds. The van der Waals surface area contributed by atoms with E-state index in [2.05, 4.69) is 20.3 Å². The third kappa shape index (κ3) is 4.15. The molecule has 6 nitrogen and oxygen atoms in total. The van der Waals surface area contributed by atoms with E-state index in [9.17, 15) is 5.11 Å². The molecule has 0 saturated heterocycles. The van der Waals surface area contributed by atoms with E-state index in [1.807, 2.05) is 44.2 Å². The van der Waals surface area contributed by atoms with Gasteiger partial charge in [0.2, 0.25) is 0 Å². The first-order valence-corrected chi connectivity index (χ1v) is 8.65. The summed E-state index contributed by atoms with van der Waals surface area (Å²) >= 11 is 0. The Kier molecular flexibility index (Phi) is 5.43. The predicted octanol–water partition coefficient (Wildman–Crippen LogP) is 3.37. The van der Waals surface area contributed by atoms with Crippen molar-refractivity contribution in [3.63, 3.8) is 0 Å². The molecule has 0 aliphatic rings. The van der Waals surface area contributed by atoms with Crippen molar-refractivity contribution < 1.29 is 5.11 Å². The van der Waals surface area contributed by atoms with Gasteiger partial charge >= 0.3 is 0 Å². The first-order valence-electron chi connectivity index (χ1n) is 8.65. The minimum Gasteiger partial charge on any atom is -0.507 e. The summed E-state index contributed by atoms with van der Waals surface area (Å²) in [6.07, 6.45) is 4.40. The fourth-order valence-electron chi connectivity index (χ4n) is 2.59. The molecule has 26 heavy (non-hydrogen) atoms. The Balaban J connectivity index is 1.96. The summed E-state index contributed by atoms with van der Waals surface area (Å²) in [5, 5.41) is 13.6. The monoisotopic (exact) mass is 349 g/mol. The van der Waals surface area contributed by atoms with Crippen LogP contribution in [0, 0.1) is 6.92 Å². The summed E-state index contributed by atoms with van der Waals surface area (Å²) in [7, 11) is 0. The highest BCUT2D eigenvalue weighted by Crippen LogP contribution is 2.32. The van der Waals surface area contributed by atoms with Crippen molar-refractivity contribution in [1.29, 1.82) is 0 Å². The summed E-state index contributed by atoms with van der Waals surface area (Å²) < 4.78 is 0. The number of aryl methyl sites for hydroxylation is 1. The quantitative estimate of drug-likeness (QED) is 0.631. The number of hydrogen-bond acceptors (Lipinski definition) is 6. The highest BCUT2D eigenvalue weighted by atomic mass is 16.3. The van der Waals surface area contributed by atoms with Crippen LogP contribution in [-0.4, -0.2) is 32.6 Å². The van der Waals surface area contributed by atoms with Crippen molar-refractivity contribution in [3.8, 4) is 28.3 Å². The van der Waals surface area contributed by atoms with Crippen molar-refractivity contribution in [2.75, 3.05) is 11.9 Å². The number of nitrogens with one attached hydrogen (secondary N) is 1. The van der Waals surface area contributed by atoms with E-state index in [1.54, 1.807) is 18.5 Å². The highest BCUT2D eigenvalue weighted by molar-refractivity contribution is 5.74. The number of phenols is 1. The number of nitrogens with zero attached hydrogens (tertiary/aromatic N) is 3. The van der Waals surface area contributed by atoms with Gasteiger partial charge in [-0.1, -0.05) is 19.1 Å². The molecule has 1 unspecified atom stereocenters. The molecule has 1 aromatic carbocycles. The number of hydrogen-bond donors (Lipinski definition) is 3. The van der Waals surface area contributed by atoms with Crippen molar-refractivity contribution in [2.24, 2.45) is 5.73 Å². The summed E-state index contributed by atoms with van der Waals surface area (Å²) in [6.45, 7) is 4.58. The van der Waals surface area contributed by atoms with E-state index in [-0.39, 0.29) is 11.8 Å². The summed E-state index contributed by atoms with van der Waals surface area (Å²) in [4.78, 5) is 13.2. The Hall–Kier alpha value is -2.99. The van der Waals surface area contributed by atoms with Crippen LogP contribution in [0.3, 0.4) is 0 Å². The van der Waals surface area contributed by atoms with Crippen molar-refractivity contribution in [1.82, 2.24) is 15.0 Å². The molecular weight excluding hydrogens is 326 g/mol. The minimum atomic E-state index is 0.0658. The Morgan fingerprint density at radius 2 is 2.00 bits per heavy atom. The minimum absolute atomic E-state index is 0.0658. The van der Waals surface area contributed by atoms with E-state index < -0.39 is 0 Å². The van der Waals surface area contributed by atoms with E-state index in [0.717, 1.165) is 23.2 Å². The summed E-state index contributed by atoms with van der Waals surface area (Å²) in [5.41, 5.74) is 9.27. The first-order chi connectivity index (χ1) is 12.6. The zero-order valence-electron chi connectivity index (χ0n) is 15.0. The first kappa shape index (κ1) is 17.8. The van der Waals surface area contributed by atoms with Crippen molar-refractivity contribution >= 4 is 5.82 Å². The molecule has 2 aromatic heterocycles. The maximum atomic E-state index is 10.3. The van der Waals surface area contributed by atoms with Crippen molar-refractivity contribution in [3.05, 3.63) is 54.5 Å². The molecule has 0 saturated carbocycles. The number of benzene rings is 1. The lowest BCUT2D eigenvalue weighted by molar-refractivity contribution is 0.477. The van der Waals surface area contributed by atoms with Crippen LogP contribution < -0.4 is 11.1 Å². The van der Waals surface area contributed by atoms with Gasteiger partial charge in [-0.05, 0) is 37.1 Å². The molecule has 3 rings (SSSR count). The molecule has 0 radical (unpaired) electrons. The zero-order chi connectivity index (χ0) is 18.5. The highest BCUT2D eigenvalue weighted by Gasteiger charge is 2.12. The molecule has 0 fully saturated rings. The number of phenolic OH excluding ortho intramolecular Hbond substituents is 1. The standard InChI is InChI=1S/C20H23N5O/c1-3-16(21)12-23-19-9-13(2)24-20(25-19)17-10-14(6-7-18(17)26)15-5-4-8-22-11-15/h4-11,16,26H,3,12,21H2,1-2H3,(H,23,24,25). The molecule has 0 bridgehead atoms. The van der Waals surface area contributed by atoms with Gasteiger partial charge in [0.1, 0.15) is 11.6 Å². The Morgan fingerprint density at radius 3 is 2.73 bits per heavy atom. The Morgan fingerprint density at radius 1 is 1.15 bits per heavy atom. The van der Waals surface area contributed by atoms with Crippen LogP contribution in [0.2, 0.25) is 0 Å². The molecule has 1 atom stereocenters. The predicted molar refractivity (Wildman–Crippen MR) is 104 cm³/mol. The van der Waals surface area contributed by atoms with Gasteiger partial charge in [0.15, 0.2) is 5.82 Å². The van der Waals surface area contributed by atoms with Gasteiger partial charge in [-0.2, -0.15) is 0 Å². The number of pyridine rings is 1. The third-order valence-corrected chi connectivity index (χ3v) is 4.16. The van der Waals surface area contributed by atoms with Crippen LogP contribution in [0.1, 0.15) is 19.0 Å². The number of aromatic nitrogens is 3. The largest absolute Gasteiger partial charge is 0.507 e. The Bertz CT molecular complexity index is 883. The molecule has 2 heterocycles. The number of rotatable bonds is 6. The molecule has 134 valence electrons. The fourth-order valence-corrected chi connectivity index (χ4v) is 2.59. The second-order valence-electron chi connectivity index (χ2n) is 6.24. The van der Waals surface area contributed by atoms with Crippen molar-refractivity contribution in [2.45, 2.75) is 26.3 Å². The Labute approximate surface area is 153 Å². The van der Waals surface area contributed by atoms with Gasteiger partial charge < -0.3 is 16.2 Å². The lowest BCUT2D eigenvalue weighted by Crippen LogP contribution is -2.28. The number of anilines is 1. The van der Waals surface area contributed by atoms with Gasteiger partial charge in [-0.25, -0.2) is 9.97 Å². The fraction of sp³-hybridized carbons (Fsp3) is 0.250. The number of aromatic hydroxyl groups is 1. The van der Waals surface area contributed by atoms with Gasteiger partial charge in [0.05, 0.1) is 5.56 Å². The van der Waals surface area contributed by atoms with Gasteiger partial charge in [-0.15, -0.1) is 0 Å². The lowest BCUT2D eigenvalue weighted by Gasteiger charge is -2.13. The second kappa shape index (κ2) is 7.93. The average Bonchev–Trinajstić information content (AvgIpc) is 2.66. The molecule has 6 heteroatoms. The number of nitrogens with two attached hydrogens (primary N) is 1. The SMILES string of the molecule is CCC(N)CNc1cc(C)nc(-c2cc(-c3cccnc3)ccc2O)n1. The van der Waals surface area contributed by atoms with Crippen LogP contribution in [0.4, 0.5) is 5.82 Å². The molecule has 0 aliphatic heterocycles. The second-order valence-corrected chi connectivity index (χ2v) is 6.24. The van der Waals surface area contributed by atoms with Crippen LogP contribution >= 0.6 is 0 Å². The van der Waals surface area contributed by atoms with Gasteiger partial charge in [0, 0.05) is 42.3 Å². The smallest absolute Gasteiger partial charge is 0.165 e. The molecule has 4 N–H and O–H groups in total. The molecule has 0 spiro atoms. The molecule has 0 aliphatic carbocycles. The normalized spacial score (nSPS) is 12.0. The van der Waals surface area contributed by atoms with E-state index in [1.165, 1.54) is 0 Å². The average molecular weight is 349 g/mol. The van der Waals surface area contributed by atoms with E-state index >= 15 is 0 Å². The van der Waals surface area contributed by atoms with E-state index in [0.29, 0.717) is 23.8 Å².